The summed E-state index contributed by atoms with van der Waals surface area (Å²) in [5.74, 6) is -0.0900. The molecule has 5 nitrogen and oxygen atoms in total. The highest BCUT2D eigenvalue weighted by Gasteiger charge is 2.29. The summed E-state index contributed by atoms with van der Waals surface area (Å²) >= 11 is 3.38. The Morgan fingerprint density at radius 1 is 1.25 bits per heavy atom. The molecule has 1 rings (SSSR count). The molecular formula is C17H27BrClN3O2. The van der Waals surface area contributed by atoms with Gasteiger partial charge in [0, 0.05) is 17.9 Å². The zero-order valence-electron chi connectivity index (χ0n) is 14.6. The predicted octanol–water partition coefficient (Wildman–Crippen LogP) is 2.93. The molecule has 2 unspecified atom stereocenters. The van der Waals surface area contributed by atoms with E-state index in [4.69, 9.17) is 5.73 Å². The van der Waals surface area contributed by atoms with Crippen LogP contribution in [0.15, 0.2) is 28.7 Å². The van der Waals surface area contributed by atoms with Crippen LogP contribution in [0, 0.1) is 5.92 Å². The van der Waals surface area contributed by atoms with E-state index in [0.717, 1.165) is 10.0 Å². The number of hydrogen-bond donors (Lipinski definition) is 3. The van der Waals surface area contributed by atoms with Gasteiger partial charge in [-0.25, -0.2) is 0 Å². The highest BCUT2D eigenvalue weighted by molar-refractivity contribution is 9.10. The molecular weight excluding hydrogens is 394 g/mol. The van der Waals surface area contributed by atoms with Crippen LogP contribution in [0.25, 0.3) is 0 Å². The SMILES string of the molecule is CC(=O)NC(CC(=O)NC(C)(CN)C(C)C)c1ccc(Br)cc1.Cl. The number of amides is 2. The lowest BCUT2D eigenvalue weighted by atomic mass is 9.88. The minimum atomic E-state index is -0.461. The monoisotopic (exact) mass is 419 g/mol. The molecule has 1 aromatic rings. The van der Waals surface area contributed by atoms with Crippen LogP contribution in [0.2, 0.25) is 0 Å². The smallest absolute Gasteiger partial charge is 0.222 e. The van der Waals surface area contributed by atoms with Gasteiger partial charge in [0.05, 0.1) is 18.0 Å². The summed E-state index contributed by atoms with van der Waals surface area (Å²) < 4.78 is 0.947. The van der Waals surface area contributed by atoms with Gasteiger partial charge in [-0.3, -0.25) is 9.59 Å². The van der Waals surface area contributed by atoms with E-state index < -0.39 is 5.54 Å². The summed E-state index contributed by atoms with van der Waals surface area (Å²) in [6.07, 6.45) is 0.170. The standard InChI is InChI=1S/C17H26BrN3O2.ClH/c1-11(2)17(4,10-19)21-16(23)9-15(20-12(3)22)13-5-7-14(18)8-6-13;/h5-8,11,15H,9-10,19H2,1-4H3,(H,20,22)(H,21,23);1H. The second kappa shape index (κ2) is 10.0. The van der Waals surface area contributed by atoms with Crippen LogP contribution < -0.4 is 16.4 Å². The number of rotatable bonds is 7. The third-order valence-corrected chi connectivity index (χ3v) is 4.69. The second-order valence-corrected chi connectivity index (χ2v) is 7.25. The van der Waals surface area contributed by atoms with E-state index in [-0.39, 0.29) is 42.6 Å². The zero-order chi connectivity index (χ0) is 17.6. The molecule has 0 aliphatic heterocycles. The topological polar surface area (TPSA) is 84.2 Å². The van der Waals surface area contributed by atoms with Gasteiger partial charge in [0.2, 0.25) is 11.8 Å². The lowest BCUT2D eigenvalue weighted by Gasteiger charge is -2.34. The molecule has 1 aromatic carbocycles. The third kappa shape index (κ3) is 6.79. The molecule has 0 aliphatic carbocycles. The van der Waals surface area contributed by atoms with Crippen molar-refractivity contribution in [2.75, 3.05) is 6.54 Å². The number of halogens is 2. The van der Waals surface area contributed by atoms with E-state index in [0.29, 0.717) is 6.54 Å². The van der Waals surface area contributed by atoms with Crippen molar-refractivity contribution >= 4 is 40.2 Å². The van der Waals surface area contributed by atoms with Crippen molar-refractivity contribution < 1.29 is 9.59 Å². The molecule has 2 atom stereocenters. The van der Waals surface area contributed by atoms with Crippen LogP contribution in [0.4, 0.5) is 0 Å². The van der Waals surface area contributed by atoms with Gasteiger partial charge in [-0.1, -0.05) is 41.9 Å². The summed E-state index contributed by atoms with van der Waals surface area (Å²) in [6, 6.07) is 7.20. The van der Waals surface area contributed by atoms with Crippen molar-refractivity contribution in [3.05, 3.63) is 34.3 Å². The minimum Gasteiger partial charge on any atom is -0.349 e. The van der Waals surface area contributed by atoms with E-state index in [2.05, 4.69) is 26.6 Å². The number of carbonyl (C=O) groups excluding carboxylic acids is 2. The fraction of sp³-hybridized carbons (Fsp3) is 0.529. The Hall–Kier alpha value is -1.11. The molecule has 0 radical (unpaired) electrons. The van der Waals surface area contributed by atoms with E-state index in [1.54, 1.807) is 0 Å². The number of hydrogen-bond acceptors (Lipinski definition) is 3. The fourth-order valence-electron chi connectivity index (χ4n) is 2.18. The summed E-state index contributed by atoms with van der Waals surface area (Å²) in [7, 11) is 0. The first-order chi connectivity index (χ1) is 10.7. The maximum absolute atomic E-state index is 12.4. The van der Waals surface area contributed by atoms with E-state index >= 15 is 0 Å². The molecule has 0 heterocycles. The minimum absolute atomic E-state index is 0. The average Bonchev–Trinajstić information content (AvgIpc) is 2.46. The van der Waals surface area contributed by atoms with Crippen molar-refractivity contribution in [3.63, 3.8) is 0 Å². The highest BCUT2D eigenvalue weighted by atomic mass is 79.9. The normalized spacial score (nSPS) is 14.3. The number of nitrogens with one attached hydrogen (secondary N) is 2. The quantitative estimate of drug-likeness (QED) is 0.634. The van der Waals surface area contributed by atoms with Crippen LogP contribution in [-0.4, -0.2) is 23.9 Å². The number of nitrogens with two attached hydrogens (primary N) is 1. The largest absolute Gasteiger partial charge is 0.349 e. The first kappa shape index (κ1) is 22.9. The Kier molecular flexibility index (Phi) is 9.55. The average molecular weight is 421 g/mol. The summed E-state index contributed by atoms with van der Waals surface area (Å²) in [5, 5.41) is 5.84. The zero-order valence-corrected chi connectivity index (χ0v) is 17.0. The van der Waals surface area contributed by atoms with Crippen molar-refractivity contribution in [1.82, 2.24) is 10.6 Å². The van der Waals surface area contributed by atoms with Gasteiger partial charge in [-0.2, -0.15) is 0 Å². The van der Waals surface area contributed by atoms with Gasteiger partial charge in [-0.05, 0) is 30.5 Å². The van der Waals surface area contributed by atoms with E-state index in [9.17, 15) is 9.59 Å². The first-order valence-corrected chi connectivity index (χ1v) is 8.51. The molecule has 0 fully saturated rings. The van der Waals surface area contributed by atoms with Crippen LogP contribution >= 0.6 is 28.3 Å². The Balaban J connectivity index is 0.00000529. The van der Waals surface area contributed by atoms with Crippen molar-refractivity contribution in [2.24, 2.45) is 11.7 Å². The van der Waals surface area contributed by atoms with Gasteiger partial charge in [-0.15, -0.1) is 12.4 Å². The lowest BCUT2D eigenvalue weighted by molar-refractivity contribution is -0.124. The van der Waals surface area contributed by atoms with Gasteiger partial charge in [0.1, 0.15) is 0 Å². The van der Waals surface area contributed by atoms with Crippen LogP contribution in [0.3, 0.4) is 0 Å². The molecule has 0 aliphatic rings. The van der Waals surface area contributed by atoms with Crippen LogP contribution in [0.5, 0.6) is 0 Å². The molecule has 0 bridgehead atoms. The molecule has 2 amide bonds. The van der Waals surface area contributed by atoms with E-state index in [1.165, 1.54) is 6.92 Å². The van der Waals surface area contributed by atoms with Crippen LogP contribution in [0.1, 0.15) is 45.7 Å². The lowest BCUT2D eigenvalue weighted by Crippen LogP contribution is -2.55. The summed E-state index contributed by atoms with van der Waals surface area (Å²) in [6.45, 7) is 7.78. The molecule has 0 saturated heterocycles. The third-order valence-electron chi connectivity index (χ3n) is 4.16. The predicted molar refractivity (Wildman–Crippen MR) is 103 cm³/mol. The Bertz CT molecular complexity index is 551. The van der Waals surface area contributed by atoms with Gasteiger partial charge in [0.25, 0.3) is 0 Å². The Labute approximate surface area is 158 Å². The van der Waals surface area contributed by atoms with Crippen molar-refractivity contribution in [3.8, 4) is 0 Å². The van der Waals surface area contributed by atoms with Gasteiger partial charge >= 0.3 is 0 Å². The van der Waals surface area contributed by atoms with Crippen molar-refractivity contribution in [2.45, 2.75) is 45.7 Å². The Morgan fingerprint density at radius 3 is 2.21 bits per heavy atom. The fourth-order valence-corrected chi connectivity index (χ4v) is 2.44. The molecule has 0 saturated carbocycles. The van der Waals surface area contributed by atoms with Crippen molar-refractivity contribution in [1.29, 1.82) is 0 Å². The van der Waals surface area contributed by atoms with Gasteiger partial charge < -0.3 is 16.4 Å². The first-order valence-electron chi connectivity index (χ1n) is 7.71. The molecule has 7 heteroatoms. The maximum Gasteiger partial charge on any atom is 0.222 e. The summed E-state index contributed by atoms with van der Waals surface area (Å²) in [4.78, 5) is 23.9. The van der Waals surface area contributed by atoms with E-state index in [1.807, 2.05) is 45.0 Å². The second-order valence-electron chi connectivity index (χ2n) is 6.33. The molecule has 24 heavy (non-hydrogen) atoms. The highest BCUT2D eigenvalue weighted by Crippen LogP contribution is 2.21. The Morgan fingerprint density at radius 2 is 1.79 bits per heavy atom. The molecule has 136 valence electrons. The maximum atomic E-state index is 12.4. The van der Waals surface area contributed by atoms with Gasteiger partial charge in [0.15, 0.2) is 0 Å². The summed E-state index contributed by atoms with van der Waals surface area (Å²) in [5.41, 5.74) is 6.23. The molecule has 4 N–H and O–H groups in total. The van der Waals surface area contributed by atoms with Crippen LogP contribution in [-0.2, 0) is 9.59 Å². The number of carbonyl (C=O) groups is 2. The molecule has 0 spiro atoms. The number of benzene rings is 1. The molecule has 0 aromatic heterocycles.